The number of allylic oxidation sites excluding steroid dienone is 8. The lowest BCUT2D eigenvalue weighted by Gasteiger charge is -2.42. The van der Waals surface area contributed by atoms with Crippen LogP contribution in [0.25, 0.3) is 0 Å². The molecule has 0 aromatic heterocycles. The predicted octanol–water partition coefficient (Wildman–Crippen LogP) is 6.32. The van der Waals surface area contributed by atoms with Crippen molar-refractivity contribution in [3.05, 3.63) is 48.6 Å². The number of hydrogen-bond donors (Lipinski definition) is 7. The van der Waals surface area contributed by atoms with Crippen LogP contribution in [0.5, 0.6) is 0 Å². The Hall–Kier alpha value is -2.54. The fraction of sp³-hybridized carbons (Fsp3) is 0.800. The summed E-state index contributed by atoms with van der Waals surface area (Å²) in [6.45, 7) is 2.42. The molecule has 2 heterocycles. The van der Waals surface area contributed by atoms with E-state index in [4.69, 9.17) is 28.4 Å². The molecule has 2 fully saturated rings. The zero-order chi connectivity index (χ0) is 47.5. The molecule has 0 aromatic carbocycles. The van der Waals surface area contributed by atoms with Gasteiger partial charge in [0.1, 0.15) is 55.4 Å². The summed E-state index contributed by atoms with van der Waals surface area (Å²) in [5.74, 6) is -0.950. The van der Waals surface area contributed by atoms with E-state index in [1.807, 2.05) is 0 Å². The first-order valence-electron chi connectivity index (χ1n) is 24.7. The van der Waals surface area contributed by atoms with E-state index in [2.05, 4.69) is 62.5 Å². The second-order valence-electron chi connectivity index (χ2n) is 17.3. The smallest absolute Gasteiger partial charge is 0.306 e. The number of unbranched alkanes of at least 4 members (excludes halogenated alkanes) is 15. The lowest BCUT2D eigenvalue weighted by atomic mass is 9.98. The topological polar surface area (TPSA) is 231 Å². The number of ether oxygens (including phenoxy) is 6. The van der Waals surface area contributed by atoms with Crippen LogP contribution in [0.2, 0.25) is 0 Å². The van der Waals surface area contributed by atoms with E-state index in [0.717, 1.165) is 103 Å². The van der Waals surface area contributed by atoms with E-state index in [1.54, 1.807) is 0 Å². The maximum absolute atomic E-state index is 13.0. The SMILES string of the molecule is CC/C=C\C/C=C\C/C=C\CCCCCCCCCC(=O)OC(COC(=O)CCCCCCC/C=C\CCCCC)COC1OC(COC2OC(CO)C(O)C(O)C2O)C(O)C(O)C1O. The van der Waals surface area contributed by atoms with E-state index >= 15 is 0 Å². The number of aliphatic hydroxyl groups is 7. The number of esters is 2. The third-order valence-electron chi connectivity index (χ3n) is 11.5. The Bertz CT molecular complexity index is 1320. The van der Waals surface area contributed by atoms with Crippen molar-refractivity contribution >= 4 is 11.9 Å². The Morgan fingerprint density at radius 3 is 1.54 bits per heavy atom. The van der Waals surface area contributed by atoms with Crippen molar-refractivity contribution in [1.82, 2.24) is 0 Å². The quantitative estimate of drug-likeness (QED) is 0.0205. The molecule has 0 aromatic rings. The highest BCUT2D eigenvalue weighted by atomic mass is 16.7. The van der Waals surface area contributed by atoms with Crippen LogP contribution in [0.4, 0.5) is 0 Å². The largest absolute Gasteiger partial charge is 0.462 e. The first-order chi connectivity index (χ1) is 31.5. The minimum Gasteiger partial charge on any atom is -0.462 e. The van der Waals surface area contributed by atoms with Gasteiger partial charge in [0.25, 0.3) is 0 Å². The molecule has 0 bridgehead atoms. The van der Waals surface area contributed by atoms with Gasteiger partial charge >= 0.3 is 11.9 Å². The molecule has 11 unspecified atom stereocenters. The molecule has 2 rings (SSSR count). The maximum Gasteiger partial charge on any atom is 0.306 e. The molecule has 376 valence electrons. The number of carbonyl (C=O) groups is 2. The van der Waals surface area contributed by atoms with Gasteiger partial charge in [0, 0.05) is 12.8 Å². The zero-order valence-electron chi connectivity index (χ0n) is 39.5. The molecule has 11 atom stereocenters. The summed E-state index contributed by atoms with van der Waals surface area (Å²) in [5, 5.41) is 72.0. The molecule has 0 amide bonds. The molecule has 2 aliphatic heterocycles. The summed E-state index contributed by atoms with van der Waals surface area (Å²) in [6, 6.07) is 0. The van der Waals surface area contributed by atoms with Crippen LogP contribution in [0.3, 0.4) is 0 Å². The second-order valence-corrected chi connectivity index (χ2v) is 17.3. The van der Waals surface area contributed by atoms with E-state index in [9.17, 15) is 45.3 Å². The van der Waals surface area contributed by atoms with E-state index in [0.29, 0.717) is 12.8 Å². The van der Waals surface area contributed by atoms with Gasteiger partial charge in [-0.05, 0) is 70.6 Å². The summed E-state index contributed by atoms with van der Waals surface area (Å²) >= 11 is 0. The van der Waals surface area contributed by atoms with Gasteiger partial charge < -0.3 is 64.2 Å². The first-order valence-corrected chi connectivity index (χ1v) is 24.7. The van der Waals surface area contributed by atoms with Crippen molar-refractivity contribution in [1.29, 1.82) is 0 Å². The highest BCUT2D eigenvalue weighted by Gasteiger charge is 2.47. The fourth-order valence-corrected chi connectivity index (χ4v) is 7.46. The van der Waals surface area contributed by atoms with Crippen molar-refractivity contribution in [2.24, 2.45) is 0 Å². The van der Waals surface area contributed by atoms with Gasteiger partial charge in [-0.1, -0.05) is 127 Å². The summed E-state index contributed by atoms with van der Waals surface area (Å²) in [7, 11) is 0. The lowest BCUT2D eigenvalue weighted by molar-refractivity contribution is -0.332. The minimum atomic E-state index is -1.77. The van der Waals surface area contributed by atoms with Gasteiger partial charge in [0.2, 0.25) is 0 Å². The minimum absolute atomic E-state index is 0.151. The molecule has 2 saturated heterocycles. The summed E-state index contributed by atoms with van der Waals surface area (Å²) in [5.41, 5.74) is 0. The van der Waals surface area contributed by atoms with Gasteiger partial charge in [-0.2, -0.15) is 0 Å². The Balaban J connectivity index is 1.83. The number of carbonyl (C=O) groups excluding carboxylic acids is 2. The average molecular weight is 927 g/mol. The fourth-order valence-electron chi connectivity index (χ4n) is 7.46. The molecule has 2 aliphatic rings. The summed E-state index contributed by atoms with van der Waals surface area (Å²) in [4.78, 5) is 25.7. The molecule has 7 N–H and O–H groups in total. The van der Waals surface area contributed by atoms with Crippen LogP contribution in [-0.2, 0) is 38.0 Å². The molecular weight excluding hydrogens is 841 g/mol. The third kappa shape index (κ3) is 26.0. The van der Waals surface area contributed by atoms with Crippen LogP contribution < -0.4 is 0 Å². The van der Waals surface area contributed by atoms with E-state index in [1.165, 1.54) is 19.3 Å². The Labute approximate surface area is 388 Å². The second kappa shape index (κ2) is 37.4. The molecule has 0 spiro atoms. The van der Waals surface area contributed by atoms with Crippen molar-refractivity contribution in [2.75, 3.05) is 26.4 Å². The van der Waals surface area contributed by atoms with Gasteiger partial charge in [0.15, 0.2) is 18.7 Å². The van der Waals surface area contributed by atoms with Crippen molar-refractivity contribution < 1.29 is 73.8 Å². The van der Waals surface area contributed by atoms with Crippen LogP contribution in [-0.4, -0.2) is 142 Å². The van der Waals surface area contributed by atoms with Crippen molar-refractivity contribution in [3.8, 4) is 0 Å². The van der Waals surface area contributed by atoms with E-state index < -0.39 is 92.7 Å². The molecule has 0 radical (unpaired) electrons. The van der Waals surface area contributed by atoms with Gasteiger partial charge in [0.05, 0.1) is 19.8 Å². The van der Waals surface area contributed by atoms with Crippen molar-refractivity contribution in [3.63, 3.8) is 0 Å². The number of rotatable bonds is 37. The molecule has 0 saturated carbocycles. The summed E-state index contributed by atoms with van der Waals surface area (Å²) < 4.78 is 33.5. The van der Waals surface area contributed by atoms with Gasteiger partial charge in [-0.25, -0.2) is 0 Å². The average Bonchev–Trinajstić information content (AvgIpc) is 3.30. The normalized spacial score (nSPS) is 26.8. The Kier molecular flexibility index (Phi) is 33.7. The third-order valence-corrected chi connectivity index (χ3v) is 11.5. The highest BCUT2D eigenvalue weighted by molar-refractivity contribution is 5.70. The Morgan fingerprint density at radius 2 is 0.969 bits per heavy atom. The van der Waals surface area contributed by atoms with Crippen LogP contribution in [0.15, 0.2) is 48.6 Å². The zero-order valence-corrected chi connectivity index (χ0v) is 39.5. The Morgan fingerprint density at radius 1 is 0.508 bits per heavy atom. The molecule has 65 heavy (non-hydrogen) atoms. The van der Waals surface area contributed by atoms with Crippen LogP contribution in [0, 0.1) is 0 Å². The van der Waals surface area contributed by atoms with Crippen LogP contribution in [0.1, 0.15) is 162 Å². The molecule has 15 nitrogen and oxygen atoms in total. The van der Waals surface area contributed by atoms with Crippen LogP contribution >= 0.6 is 0 Å². The predicted molar refractivity (Wildman–Crippen MR) is 247 cm³/mol. The monoisotopic (exact) mass is 927 g/mol. The van der Waals surface area contributed by atoms with Gasteiger partial charge in [-0.15, -0.1) is 0 Å². The first kappa shape index (κ1) is 58.6. The molecular formula is C50H86O15. The maximum atomic E-state index is 13.0. The summed E-state index contributed by atoms with van der Waals surface area (Å²) in [6.07, 6.45) is 22.8. The number of hydrogen-bond acceptors (Lipinski definition) is 15. The highest BCUT2D eigenvalue weighted by Crippen LogP contribution is 2.26. The lowest BCUT2D eigenvalue weighted by Crippen LogP contribution is -2.61. The van der Waals surface area contributed by atoms with Crippen molar-refractivity contribution in [2.45, 2.75) is 229 Å². The van der Waals surface area contributed by atoms with E-state index in [-0.39, 0.29) is 26.1 Å². The molecule has 0 aliphatic carbocycles. The van der Waals surface area contributed by atoms with Gasteiger partial charge in [-0.3, -0.25) is 9.59 Å². The standard InChI is InChI=1S/C50H86O15/c1-3-5-7-9-11-13-15-17-18-19-20-21-23-25-27-29-31-33-42(53)63-38(35-60-41(52)32-30-28-26-24-22-16-14-12-10-8-6-4-2)36-61-49-48(59)46(57)44(55)40(65-49)37-62-50-47(58)45(56)43(54)39(34-51)64-50/h5,7,11-14,17-18,38-40,43-51,54-59H,3-4,6,8-10,15-16,19-37H2,1-2H3/b7-5-,13-11-,14-12-,18-17-. The number of aliphatic hydroxyl groups excluding tert-OH is 7. The molecule has 15 heteroatoms.